The summed E-state index contributed by atoms with van der Waals surface area (Å²) in [7, 11) is 0. The van der Waals surface area contributed by atoms with Gasteiger partial charge in [0.2, 0.25) is 0 Å². The minimum atomic E-state index is 0.496. The number of nitrogens with one attached hydrogen (secondary N) is 1. The average molecular weight is 222 g/mol. The molecule has 16 heavy (non-hydrogen) atoms. The highest BCUT2D eigenvalue weighted by Gasteiger charge is 2.19. The van der Waals surface area contributed by atoms with Crippen LogP contribution < -0.4 is 5.32 Å². The fourth-order valence-corrected chi connectivity index (χ4v) is 2.25. The number of piperazine rings is 1. The molecule has 0 aliphatic carbocycles. The highest BCUT2D eigenvalue weighted by Crippen LogP contribution is 2.13. The van der Waals surface area contributed by atoms with Crippen molar-refractivity contribution in [3.05, 3.63) is 18.2 Å². The molecule has 1 fully saturated rings. The Balaban J connectivity index is 2.04. The lowest BCUT2D eigenvalue weighted by atomic mass is 10.2. The standard InChI is InChI=1S/C12H22N4/c1-10(2)16-9-14-7-12(16)8-15-5-4-13-6-11(15)3/h7,9-11,13H,4-6,8H2,1-3H3/t11-/m0/s1. The van der Waals surface area contributed by atoms with Gasteiger partial charge in [-0.2, -0.15) is 0 Å². The van der Waals surface area contributed by atoms with Gasteiger partial charge in [0.15, 0.2) is 0 Å². The van der Waals surface area contributed by atoms with E-state index in [1.54, 1.807) is 0 Å². The van der Waals surface area contributed by atoms with Crippen molar-refractivity contribution in [3.8, 4) is 0 Å². The van der Waals surface area contributed by atoms with Gasteiger partial charge in [-0.15, -0.1) is 0 Å². The van der Waals surface area contributed by atoms with E-state index in [0.29, 0.717) is 12.1 Å². The van der Waals surface area contributed by atoms with Gasteiger partial charge in [0, 0.05) is 44.5 Å². The van der Waals surface area contributed by atoms with Gasteiger partial charge in [0.1, 0.15) is 0 Å². The SMILES string of the molecule is CC(C)n1cncc1CN1CCNC[C@@H]1C. The minimum absolute atomic E-state index is 0.496. The van der Waals surface area contributed by atoms with Gasteiger partial charge in [0.05, 0.1) is 12.0 Å². The topological polar surface area (TPSA) is 33.1 Å². The van der Waals surface area contributed by atoms with Crippen molar-refractivity contribution in [2.24, 2.45) is 0 Å². The Hall–Kier alpha value is -0.870. The van der Waals surface area contributed by atoms with Crippen molar-refractivity contribution in [3.63, 3.8) is 0 Å². The normalized spacial score (nSPS) is 22.9. The summed E-state index contributed by atoms with van der Waals surface area (Å²) in [4.78, 5) is 6.77. The van der Waals surface area contributed by atoms with Crippen molar-refractivity contribution in [2.75, 3.05) is 19.6 Å². The first-order chi connectivity index (χ1) is 7.68. The Kier molecular flexibility index (Phi) is 3.61. The molecule has 1 saturated heterocycles. The Morgan fingerprint density at radius 2 is 2.38 bits per heavy atom. The molecule has 0 saturated carbocycles. The molecule has 0 unspecified atom stereocenters. The summed E-state index contributed by atoms with van der Waals surface area (Å²) in [6.45, 7) is 11.0. The number of hydrogen-bond donors (Lipinski definition) is 1. The maximum Gasteiger partial charge on any atom is 0.0951 e. The molecule has 1 aromatic rings. The van der Waals surface area contributed by atoms with E-state index in [1.807, 2.05) is 12.5 Å². The summed E-state index contributed by atoms with van der Waals surface area (Å²) in [6, 6.07) is 1.11. The van der Waals surface area contributed by atoms with Crippen LogP contribution in [0.25, 0.3) is 0 Å². The van der Waals surface area contributed by atoms with Crippen molar-refractivity contribution in [2.45, 2.75) is 39.4 Å². The van der Waals surface area contributed by atoms with Crippen molar-refractivity contribution in [1.29, 1.82) is 0 Å². The first-order valence-electron chi connectivity index (χ1n) is 6.14. The number of rotatable bonds is 3. The third-order valence-electron chi connectivity index (χ3n) is 3.31. The van der Waals surface area contributed by atoms with Crippen LogP contribution in [0.2, 0.25) is 0 Å². The van der Waals surface area contributed by atoms with Gasteiger partial charge in [-0.25, -0.2) is 4.98 Å². The molecule has 90 valence electrons. The molecule has 0 radical (unpaired) electrons. The van der Waals surface area contributed by atoms with Crippen molar-refractivity contribution >= 4 is 0 Å². The quantitative estimate of drug-likeness (QED) is 0.836. The number of imidazole rings is 1. The highest BCUT2D eigenvalue weighted by atomic mass is 15.2. The van der Waals surface area contributed by atoms with E-state index in [4.69, 9.17) is 0 Å². The second-order valence-electron chi connectivity index (χ2n) is 4.91. The molecule has 0 bridgehead atoms. The summed E-state index contributed by atoms with van der Waals surface area (Å²) < 4.78 is 2.26. The fourth-order valence-electron chi connectivity index (χ4n) is 2.25. The van der Waals surface area contributed by atoms with Gasteiger partial charge in [-0.05, 0) is 20.8 Å². The van der Waals surface area contributed by atoms with Crippen LogP contribution in [0, 0.1) is 0 Å². The zero-order valence-corrected chi connectivity index (χ0v) is 10.5. The predicted octanol–water partition coefficient (Wildman–Crippen LogP) is 1.26. The molecule has 1 aliphatic rings. The molecular weight excluding hydrogens is 200 g/mol. The molecular formula is C12H22N4. The second-order valence-corrected chi connectivity index (χ2v) is 4.91. The van der Waals surface area contributed by atoms with Crippen LogP contribution in [0.4, 0.5) is 0 Å². The lowest BCUT2D eigenvalue weighted by molar-refractivity contribution is 0.161. The summed E-state index contributed by atoms with van der Waals surface area (Å²) in [5, 5.41) is 3.42. The number of nitrogens with zero attached hydrogens (tertiary/aromatic N) is 3. The Morgan fingerprint density at radius 1 is 1.56 bits per heavy atom. The van der Waals surface area contributed by atoms with E-state index >= 15 is 0 Å². The maximum absolute atomic E-state index is 4.25. The molecule has 1 aliphatic heterocycles. The molecule has 0 aromatic carbocycles. The fraction of sp³-hybridized carbons (Fsp3) is 0.750. The Bertz CT molecular complexity index is 332. The van der Waals surface area contributed by atoms with Gasteiger partial charge in [0.25, 0.3) is 0 Å². The lowest BCUT2D eigenvalue weighted by Crippen LogP contribution is -2.49. The maximum atomic E-state index is 4.25. The smallest absolute Gasteiger partial charge is 0.0951 e. The summed E-state index contributed by atoms with van der Waals surface area (Å²) in [5.74, 6) is 0. The average Bonchev–Trinajstić information content (AvgIpc) is 2.69. The largest absolute Gasteiger partial charge is 0.331 e. The van der Waals surface area contributed by atoms with E-state index in [0.717, 1.165) is 26.2 Å². The van der Waals surface area contributed by atoms with Crippen LogP contribution in [0.1, 0.15) is 32.5 Å². The second kappa shape index (κ2) is 4.97. The van der Waals surface area contributed by atoms with Gasteiger partial charge in [-0.1, -0.05) is 0 Å². The van der Waals surface area contributed by atoms with E-state index < -0.39 is 0 Å². The molecule has 0 spiro atoms. The van der Waals surface area contributed by atoms with Crippen LogP contribution >= 0.6 is 0 Å². The first-order valence-corrected chi connectivity index (χ1v) is 6.14. The summed E-state index contributed by atoms with van der Waals surface area (Å²) in [5.41, 5.74) is 1.32. The lowest BCUT2D eigenvalue weighted by Gasteiger charge is -2.34. The third-order valence-corrected chi connectivity index (χ3v) is 3.31. The monoisotopic (exact) mass is 222 g/mol. The summed E-state index contributed by atoms with van der Waals surface area (Å²) >= 11 is 0. The van der Waals surface area contributed by atoms with Crippen molar-refractivity contribution < 1.29 is 0 Å². The van der Waals surface area contributed by atoms with E-state index in [1.165, 1.54) is 5.69 Å². The molecule has 1 atom stereocenters. The van der Waals surface area contributed by atoms with Crippen LogP contribution in [0.3, 0.4) is 0 Å². The Morgan fingerprint density at radius 3 is 3.06 bits per heavy atom. The van der Waals surface area contributed by atoms with E-state index in [2.05, 4.69) is 40.5 Å². The molecule has 2 rings (SSSR count). The minimum Gasteiger partial charge on any atom is -0.331 e. The van der Waals surface area contributed by atoms with E-state index in [9.17, 15) is 0 Å². The van der Waals surface area contributed by atoms with Crippen LogP contribution in [0.15, 0.2) is 12.5 Å². The molecule has 2 heterocycles. The highest BCUT2D eigenvalue weighted by molar-refractivity contribution is 5.00. The molecule has 1 N–H and O–H groups in total. The van der Waals surface area contributed by atoms with Crippen LogP contribution in [-0.2, 0) is 6.54 Å². The zero-order valence-electron chi connectivity index (χ0n) is 10.5. The third kappa shape index (κ3) is 2.44. The zero-order chi connectivity index (χ0) is 11.5. The number of aromatic nitrogens is 2. The molecule has 4 heteroatoms. The van der Waals surface area contributed by atoms with Gasteiger partial charge in [-0.3, -0.25) is 4.90 Å². The van der Waals surface area contributed by atoms with Crippen LogP contribution in [0.5, 0.6) is 0 Å². The van der Waals surface area contributed by atoms with Crippen LogP contribution in [-0.4, -0.2) is 40.1 Å². The Labute approximate surface area is 97.7 Å². The molecule has 4 nitrogen and oxygen atoms in total. The van der Waals surface area contributed by atoms with Gasteiger partial charge < -0.3 is 9.88 Å². The van der Waals surface area contributed by atoms with E-state index in [-0.39, 0.29) is 0 Å². The summed E-state index contributed by atoms with van der Waals surface area (Å²) in [6.07, 6.45) is 3.93. The molecule has 0 amide bonds. The predicted molar refractivity (Wildman–Crippen MR) is 65.4 cm³/mol. The first kappa shape index (κ1) is 11.6. The van der Waals surface area contributed by atoms with Gasteiger partial charge >= 0.3 is 0 Å². The molecule has 1 aromatic heterocycles. The van der Waals surface area contributed by atoms with Crippen molar-refractivity contribution in [1.82, 2.24) is 19.8 Å². The number of hydrogen-bond acceptors (Lipinski definition) is 3.